The first kappa shape index (κ1) is 9.92. The van der Waals surface area contributed by atoms with E-state index in [0.29, 0.717) is 0 Å². The Hall–Kier alpha value is -0.0800. The topological polar surface area (TPSA) is 15.3 Å². The molecular weight excluding hydrogens is 124 g/mol. The summed E-state index contributed by atoms with van der Waals surface area (Å²) in [7, 11) is 4.16. The second-order valence-electron chi connectivity index (χ2n) is 3.02. The average Bonchev–Trinajstić information content (AvgIpc) is 1.88. The summed E-state index contributed by atoms with van der Waals surface area (Å²) in [5.74, 6) is 0.759. The molecule has 0 spiro atoms. The van der Waals surface area contributed by atoms with Crippen LogP contribution in [0.3, 0.4) is 0 Å². The van der Waals surface area contributed by atoms with Crippen molar-refractivity contribution in [2.75, 3.05) is 33.7 Å². The third-order valence-corrected chi connectivity index (χ3v) is 1.72. The van der Waals surface area contributed by atoms with E-state index < -0.39 is 0 Å². The van der Waals surface area contributed by atoms with E-state index in [1.165, 1.54) is 6.54 Å². The largest absolute Gasteiger partial charge is 0.319 e. The monoisotopic (exact) mass is 144 g/mol. The van der Waals surface area contributed by atoms with Crippen LogP contribution in [0, 0.1) is 5.92 Å². The van der Waals surface area contributed by atoms with Crippen molar-refractivity contribution in [3.63, 3.8) is 0 Å². The highest BCUT2D eigenvalue weighted by molar-refractivity contribution is 4.58. The first-order chi connectivity index (χ1) is 4.70. The summed E-state index contributed by atoms with van der Waals surface area (Å²) in [5, 5.41) is 3.17. The molecule has 0 aromatic rings. The smallest absolute Gasteiger partial charge is 0.00160 e. The molecule has 10 heavy (non-hydrogen) atoms. The fourth-order valence-electron chi connectivity index (χ4n) is 1.07. The van der Waals surface area contributed by atoms with Gasteiger partial charge in [-0.2, -0.15) is 0 Å². The van der Waals surface area contributed by atoms with E-state index in [9.17, 15) is 0 Å². The van der Waals surface area contributed by atoms with Gasteiger partial charge in [0, 0.05) is 6.54 Å². The maximum absolute atomic E-state index is 3.17. The van der Waals surface area contributed by atoms with Crippen molar-refractivity contribution in [2.24, 2.45) is 5.92 Å². The second-order valence-corrected chi connectivity index (χ2v) is 3.02. The van der Waals surface area contributed by atoms with E-state index in [0.717, 1.165) is 19.0 Å². The third kappa shape index (κ3) is 4.77. The highest BCUT2D eigenvalue weighted by atomic mass is 15.1. The number of nitrogens with zero attached hydrogens (tertiary/aromatic N) is 1. The Labute approximate surface area is 64.6 Å². The molecule has 0 aliphatic rings. The SMILES string of the molecule is CCN(C)C[C@H](C)CNC. The minimum absolute atomic E-state index is 0.759. The van der Waals surface area contributed by atoms with Crippen LogP contribution < -0.4 is 5.32 Å². The fourth-order valence-corrected chi connectivity index (χ4v) is 1.07. The molecule has 0 aromatic carbocycles. The van der Waals surface area contributed by atoms with Crippen LogP contribution in [0.1, 0.15) is 13.8 Å². The molecule has 1 N–H and O–H groups in total. The lowest BCUT2D eigenvalue weighted by molar-refractivity contribution is 0.296. The molecule has 0 radical (unpaired) electrons. The van der Waals surface area contributed by atoms with Crippen LogP contribution in [-0.4, -0.2) is 38.6 Å². The summed E-state index contributed by atoms with van der Waals surface area (Å²) in [4.78, 5) is 2.34. The first-order valence-corrected chi connectivity index (χ1v) is 4.03. The number of hydrogen-bond donors (Lipinski definition) is 1. The van der Waals surface area contributed by atoms with Gasteiger partial charge in [0.1, 0.15) is 0 Å². The molecule has 0 aromatic heterocycles. The van der Waals surface area contributed by atoms with Crippen LogP contribution >= 0.6 is 0 Å². The zero-order valence-electron chi connectivity index (χ0n) is 7.65. The zero-order valence-corrected chi connectivity index (χ0v) is 7.65. The lowest BCUT2D eigenvalue weighted by Gasteiger charge is -2.18. The molecule has 0 rings (SSSR count). The van der Waals surface area contributed by atoms with Crippen LogP contribution in [0.25, 0.3) is 0 Å². The zero-order chi connectivity index (χ0) is 7.98. The Morgan fingerprint density at radius 1 is 1.50 bits per heavy atom. The average molecular weight is 144 g/mol. The van der Waals surface area contributed by atoms with Crippen molar-refractivity contribution in [3.8, 4) is 0 Å². The van der Waals surface area contributed by atoms with E-state index in [4.69, 9.17) is 0 Å². The van der Waals surface area contributed by atoms with Crippen molar-refractivity contribution in [2.45, 2.75) is 13.8 Å². The predicted molar refractivity (Wildman–Crippen MR) is 46.3 cm³/mol. The summed E-state index contributed by atoms with van der Waals surface area (Å²) < 4.78 is 0. The van der Waals surface area contributed by atoms with E-state index in [-0.39, 0.29) is 0 Å². The quantitative estimate of drug-likeness (QED) is 0.614. The van der Waals surface area contributed by atoms with Crippen LogP contribution in [0.4, 0.5) is 0 Å². The van der Waals surface area contributed by atoms with E-state index in [1.54, 1.807) is 0 Å². The molecule has 1 atom stereocenters. The minimum atomic E-state index is 0.759. The minimum Gasteiger partial charge on any atom is -0.319 e. The van der Waals surface area contributed by atoms with Gasteiger partial charge in [-0.3, -0.25) is 0 Å². The lowest BCUT2D eigenvalue weighted by atomic mass is 10.2. The van der Waals surface area contributed by atoms with Crippen molar-refractivity contribution in [3.05, 3.63) is 0 Å². The molecule has 0 saturated heterocycles. The van der Waals surface area contributed by atoms with Gasteiger partial charge < -0.3 is 10.2 Å². The summed E-state index contributed by atoms with van der Waals surface area (Å²) in [6.45, 7) is 7.91. The number of rotatable bonds is 5. The summed E-state index contributed by atoms with van der Waals surface area (Å²) in [6, 6.07) is 0. The number of nitrogens with one attached hydrogen (secondary N) is 1. The van der Waals surface area contributed by atoms with Crippen molar-refractivity contribution < 1.29 is 0 Å². The standard InChI is InChI=1S/C8H20N2/c1-5-10(4)7-8(2)6-9-3/h8-9H,5-7H2,1-4H3/t8-/m1/s1. The molecule has 0 fully saturated rings. The maximum atomic E-state index is 3.17. The van der Waals surface area contributed by atoms with Gasteiger partial charge in [0.05, 0.1) is 0 Å². The Morgan fingerprint density at radius 2 is 2.10 bits per heavy atom. The summed E-state index contributed by atoms with van der Waals surface area (Å²) >= 11 is 0. The third-order valence-electron chi connectivity index (χ3n) is 1.72. The molecule has 2 heteroatoms. The summed E-state index contributed by atoms with van der Waals surface area (Å²) in [6.07, 6.45) is 0. The molecule has 62 valence electrons. The molecule has 0 saturated carbocycles. The van der Waals surface area contributed by atoms with E-state index >= 15 is 0 Å². The van der Waals surface area contributed by atoms with Gasteiger partial charge in [0.15, 0.2) is 0 Å². The first-order valence-electron chi connectivity index (χ1n) is 4.03. The molecule has 2 nitrogen and oxygen atoms in total. The Kier molecular flexibility index (Phi) is 5.64. The maximum Gasteiger partial charge on any atom is 0.00160 e. The van der Waals surface area contributed by atoms with E-state index in [1.807, 2.05) is 7.05 Å². The van der Waals surface area contributed by atoms with Crippen LogP contribution in [0.2, 0.25) is 0 Å². The van der Waals surface area contributed by atoms with Gasteiger partial charge in [0.2, 0.25) is 0 Å². The fraction of sp³-hybridized carbons (Fsp3) is 1.00. The second kappa shape index (κ2) is 5.69. The normalized spacial score (nSPS) is 14.1. The molecular formula is C8H20N2. The van der Waals surface area contributed by atoms with Gasteiger partial charge in [-0.15, -0.1) is 0 Å². The van der Waals surface area contributed by atoms with Crippen LogP contribution in [0.15, 0.2) is 0 Å². The van der Waals surface area contributed by atoms with Gasteiger partial charge in [-0.25, -0.2) is 0 Å². The molecule has 0 amide bonds. The van der Waals surface area contributed by atoms with Crippen molar-refractivity contribution in [1.82, 2.24) is 10.2 Å². The molecule has 0 unspecified atom stereocenters. The molecule has 0 aliphatic heterocycles. The van der Waals surface area contributed by atoms with Crippen LogP contribution in [-0.2, 0) is 0 Å². The Balaban J connectivity index is 3.27. The molecule has 0 heterocycles. The Bertz CT molecular complexity index is 73.7. The highest BCUT2D eigenvalue weighted by Crippen LogP contribution is 1.94. The molecule has 0 aliphatic carbocycles. The van der Waals surface area contributed by atoms with Gasteiger partial charge >= 0.3 is 0 Å². The van der Waals surface area contributed by atoms with Gasteiger partial charge in [0.25, 0.3) is 0 Å². The number of hydrogen-bond acceptors (Lipinski definition) is 2. The highest BCUT2D eigenvalue weighted by Gasteiger charge is 2.02. The predicted octanol–water partition coefficient (Wildman–Crippen LogP) is 0.794. The van der Waals surface area contributed by atoms with Gasteiger partial charge in [-0.05, 0) is 33.1 Å². The van der Waals surface area contributed by atoms with Gasteiger partial charge in [-0.1, -0.05) is 13.8 Å². The Morgan fingerprint density at radius 3 is 2.50 bits per heavy atom. The summed E-state index contributed by atoms with van der Waals surface area (Å²) in [5.41, 5.74) is 0. The lowest BCUT2D eigenvalue weighted by Crippen LogP contribution is -2.29. The van der Waals surface area contributed by atoms with Crippen LogP contribution in [0.5, 0.6) is 0 Å². The molecule has 0 bridgehead atoms. The van der Waals surface area contributed by atoms with Crippen molar-refractivity contribution >= 4 is 0 Å². The van der Waals surface area contributed by atoms with E-state index in [2.05, 4.69) is 31.1 Å². The van der Waals surface area contributed by atoms with Crippen molar-refractivity contribution in [1.29, 1.82) is 0 Å².